The number of halogens is 1. The van der Waals surface area contributed by atoms with Crippen LogP contribution < -0.4 is 10.6 Å². The molecule has 0 radical (unpaired) electrons. The van der Waals surface area contributed by atoms with Gasteiger partial charge in [-0.3, -0.25) is 0 Å². The Morgan fingerprint density at radius 3 is 2.55 bits per heavy atom. The zero-order chi connectivity index (χ0) is 21.4. The van der Waals surface area contributed by atoms with E-state index in [4.69, 9.17) is 8.94 Å². The monoisotopic (exact) mass is 539 g/mol. The van der Waals surface area contributed by atoms with E-state index in [1.165, 1.54) is 5.56 Å². The van der Waals surface area contributed by atoms with Gasteiger partial charge in [0.15, 0.2) is 11.8 Å². The number of hydrogen-bond acceptors (Lipinski definition) is 6. The molecule has 3 aromatic rings. The molecule has 0 bridgehead atoms. The second kappa shape index (κ2) is 11.8. The number of aliphatic imine (C=N–C) groups is 1. The van der Waals surface area contributed by atoms with E-state index in [0.717, 1.165) is 24.9 Å². The fourth-order valence-electron chi connectivity index (χ4n) is 2.89. The van der Waals surface area contributed by atoms with Crippen LogP contribution in [0.5, 0.6) is 0 Å². The lowest BCUT2D eigenvalue weighted by Gasteiger charge is -2.19. The van der Waals surface area contributed by atoms with Crippen LogP contribution in [0.2, 0.25) is 0 Å². The van der Waals surface area contributed by atoms with Crippen LogP contribution in [0.25, 0.3) is 11.5 Å². The topological polar surface area (TPSA) is 109 Å². The largest absolute Gasteiger partial charge is 0.466 e. The van der Waals surface area contributed by atoms with E-state index in [0.29, 0.717) is 30.0 Å². The summed E-state index contributed by atoms with van der Waals surface area (Å²) in [6.45, 7) is 7.31. The van der Waals surface area contributed by atoms with Crippen molar-refractivity contribution in [1.82, 2.24) is 20.8 Å². The van der Waals surface area contributed by atoms with Crippen LogP contribution in [-0.2, 0) is 18.4 Å². The van der Waals surface area contributed by atoms with Gasteiger partial charge in [0.05, 0.1) is 12.8 Å². The molecule has 168 valence electrons. The summed E-state index contributed by atoms with van der Waals surface area (Å²) in [5, 5.41) is 21.0. The van der Waals surface area contributed by atoms with E-state index >= 15 is 0 Å². The minimum Gasteiger partial charge on any atom is -0.466 e. The van der Waals surface area contributed by atoms with Gasteiger partial charge in [0.25, 0.3) is 5.89 Å². The summed E-state index contributed by atoms with van der Waals surface area (Å²) in [6.07, 6.45) is 3.12. The molecule has 3 rings (SSSR count). The van der Waals surface area contributed by atoms with Crippen molar-refractivity contribution >= 4 is 29.9 Å². The Morgan fingerprint density at radius 2 is 1.94 bits per heavy atom. The standard InChI is InChI=1S/C22H29N5O3.HI/c1-4-19-26-20(30-27-19)17-10-8-16(9-11-17)12-13-24-21(23-5-2)25-15-22(3,28)18-7-6-14-29-18;/h6-11,14,28H,4-5,12-13,15H2,1-3H3,(H2,23,24,25);1H. The number of furan rings is 1. The maximum absolute atomic E-state index is 10.6. The lowest BCUT2D eigenvalue weighted by atomic mass is 10.0. The zero-order valence-electron chi connectivity index (χ0n) is 18.1. The lowest BCUT2D eigenvalue weighted by Crippen LogP contribution is -2.39. The number of nitrogens with one attached hydrogen (secondary N) is 2. The van der Waals surface area contributed by atoms with E-state index in [9.17, 15) is 5.11 Å². The number of aliphatic hydroxyl groups is 1. The molecule has 0 amide bonds. The molecule has 0 aliphatic heterocycles. The van der Waals surface area contributed by atoms with Gasteiger partial charge in [0.2, 0.25) is 0 Å². The van der Waals surface area contributed by atoms with Crippen molar-refractivity contribution in [3.63, 3.8) is 0 Å². The number of hydrogen-bond donors (Lipinski definition) is 3. The first-order valence-corrected chi connectivity index (χ1v) is 10.2. The maximum atomic E-state index is 10.6. The molecule has 8 nitrogen and oxygen atoms in total. The smallest absolute Gasteiger partial charge is 0.257 e. The Morgan fingerprint density at radius 1 is 1.16 bits per heavy atom. The minimum absolute atomic E-state index is 0. The summed E-state index contributed by atoms with van der Waals surface area (Å²) in [7, 11) is 0. The van der Waals surface area contributed by atoms with Crippen molar-refractivity contribution in [2.75, 3.05) is 19.6 Å². The van der Waals surface area contributed by atoms with Gasteiger partial charge >= 0.3 is 0 Å². The second-order valence-corrected chi connectivity index (χ2v) is 7.19. The molecule has 2 heterocycles. The molecule has 1 atom stereocenters. The van der Waals surface area contributed by atoms with Gasteiger partial charge < -0.3 is 24.7 Å². The number of guanidine groups is 1. The van der Waals surface area contributed by atoms with Crippen molar-refractivity contribution < 1.29 is 14.0 Å². The summed E-state index contributed by atoms with van der Waals surface area (Å²) >= 11 is 0. The van der Waals surface area contributed by atoms with Crippen LogP contribution in [0.4, 0.5) is 0 Å². The van der Waals surface area contributed by atoms with E-state index < -0.39 is 5.60 Å². The molecule has 0 aliphatic carbocycles. The number of benzene rings is 1. The number of rotatable bonds is 9. The fraction of sp³-hybridized carbons (Fsp3) is 0.409. The van der Waals surface area contributed by atoms with Crippen LogP contribution >= 0.6 is 24.0 Å². The van der Waals surface area contributed by atoms with Gasteiger partial charge in [-0.05, 0) is 50.1 Å². The first-order chi connectivity index (χ1) is 14.5. The summed E-state index contributed by atoms with van der Waals surface area (Å²) in [6, 6.07) is 11.6. The molecule has 0 spiro atoms. The highest BCUT2D eigenvalue weighted by Crippen LogP contribution is 2.21. The van der Waals surface area contributed by atoms with Crippen molar-refractivity contribution in [3.8, 4) is 11.5 Å². The Kier molecular flexibility index (Phi) is 9.50. The molecule has 31 heavy (non-hydrogen) atoms. The van der Waals surface area contributed by atoms with Gasteiger partial charge in [0, 0.05) is 25.1 Å². The Hall–Kier alpha value is -2.40. The molecule has 1 aromatic carbocycles. The molecule has 1 unspecified atom stereocenters. The summed E-state index contributed by atoms with van der Waals surface area (Å²) in [4.78, 5) is 8.85. The van der Waals surface area contributed by atoms with E-state index in [2.05, 4.69) is 37.9 Å². The highest BCUT2D eigenvalue weighted by molar-refractivity contribution is 14.0. The fourth-order valence-corrected chi connectivity index (χ4v) is 2.89. The van der Waals surface area contributed by atoms with Crippen molar-refractivity contribution in [3.05, 3.63) is 59.8 Å². The third-order valence-electron chi connectivity index (χ3n) is 4.63. The first-order valence-electron chi connectivity index (χ1n) is 10.2. The third-order valence-corrected chi connectivity index (χ3v) is 4.63. The number of nitrogens with zero attached hydrogens (tertiary/aromatic N) is 3. The minimum atomic E-state index is -1.16. The zero-order valence-corrected chi connectivity index (χ0v) is 20.4. The van der Waals surface area contributed by atoms with Crippen LogP contribution in [-0.4, -0.2) is 40.8 Å². The average Bonchev–Trinajstić information content (AvgIpc) is 3.45. The Balaban J connectivity index is 0.00000341. The van der Waals surface area contributed by atoms with E-state index in [-0.39, 0.29) is 30.5 Å². The molecule has 9 heteroatoms. The van der Waals surface area contributed by atoms with Crippen LogP contribution in [0.1, 0.15) is 37.9 Å². The molecular formula is C22H30IN5O3. The van der Waals surface area contributed by atoms with E-state index in [1.54, 1.807) is 25.3 Å². The van der Waals surface area contributed by atoms with Crippen LogP contribution in [0.3, 0.4) is 0 Å². The summed E-state index contributed by atoms with van der Waals surface area (Å²) in [5.41, 5.74) is 0.933. The number of aromatic nitrogens is 2. The average molecular weight is 539 g/mol. The van der Waals surface area contributed by atoms with E-state index in [1.807, 2.05) is 26.0 Å². The van der Waals surface area contributed by atoms with Gasteiger partial charge in [-0.1, -0.05) is 24.2 Å². The predicted octanol–water partition coefficient (Wildman–Crippen LogP) is 3.52. The second-order valence-electron chi connectivity index (χ2n) is 7.19. The van der Waals surface area contributed by atoms with Crippen molar-refractivity contribution in [1.29, 1.82) is 0 Å². The van der Waals surface area contributed by atoms with Crippen LogP contribution in [0, 0.1) is 0 Å². The lowest BCUT2D eigenvalue weighted by molar-refractivity contribution is 0.0437. The SMILES string of the molecule is CCNC(=NCC(C)(O)c1ccco1)NCCc1ccc(-c2nc(CC)no2)cc1.I. The highest BCUT2D eigenvalue weighted by Gasteiger charge is 2.26. The van der Waals surface area contributed by atoms with Crippen molar-refractivity contribution in [2.24, 2.45) is 4.99 Å². The first kappa shape index (κ1) is 24.9. The molecule has 0 saturated carbocycles. The normalized spacial score (nSPS) is 13.4. The van der Waals surface area contributed by atoms with Gasteiger partial charge in [-0.25, -0.2) is 4.99 Å². The molecule has 0 fully saturated rings. The highest BCUT2D eigenvalue weighted by atomic mass is 127. The molecule has 3 N–H and O–H groups in total. The molecular weight excluding hydrogens is 509 g/mol. The third kappa shape index (κ3) is 7.06. The van der Waals surface area contributed by atoms with Gasteiger partial charge in [0.1, 0.15) is 11.4 Å². The molecule has 0 aliphatic rings. The molecule has 0 saturated heterocycles. The Bertz CT molecular complexity index is 936. The van der Waals surface area contributed by atoms with Crippen LogP contribution in [0.15, 0.2) is 56.6 Å². The van der Waals surface area contributed by atoms with Gasteiger partial charge in [-0.2, -0.15) is 4.98 Å². The number of aryl methyl sites for hydroxylation is 1. The maximum Gasteiger partial charge on any atom is 0.257 e. The predicted molar refractivity (Wildman–Crippen MR) is 130 cm³/mol. The quantitative estimate of drug-likeness (QED) is 0.217. The Labute approximate surface area is 199 Å². The molecule has 2 aromatic heterocycles. The summed E-state index contributed by atoms with van der Waals surface area (Å²) < 4.78 is 10.6. The van der Waals surface area contributed by atoms with Crippen molar-refractivity contribution in [2.45, 2.75) is 39.2 Å². The summed E-state index contributed by atoms with van der Waals surface area (Å²) in [5.74, 6) is 2.40. The van der Waals surface area contributed by atoms with Gasteiger partial charge in [-0.15, -0.1) is 24.0 Å².